The third-order valence-electron chi connectivity index (χ3n) is 2.79. The fraction of sp³-hybridized carbons (Fsp3) is 0.286. The van der Waals surface area contributed by atoms with Crippen molar-refractivity contribution in [2.24, 2.45) is 0 Å². The standard InChI is InChI=1S/C14H15BrClNO/c1-9-3-6-14(18-9)10(2)17-8-11-7-12(15)4-5-13(11)16/h3-7,10,17H,8H2,1-2H3. The number of benzene rings is 1. The lowest BCUT2D eigenvalue weighted by Gasteiger charge is -2.12. The van der Waals surface area contributed by atoms with E-state index in [2.05, 4.69) is 28.2 Å². The summed E-state index contributed by atoms with van der Waals surface area (Å²) in [5.41, 5.74) is 1.07. The highest BCUT2D eigenvalue weighted by molar-refractivity contribution is 9.10. The molecule has 1 N–H and O–H groups in total. The summed E-state index contributed by atoms with van der Waals surface area (Å²) in [5.74, 6) is 1.87. The lowest BCUT2D eigenvalue weighted by atomic mass is 10.2. The maximum absolute atomic E-state index is 6.15. The van der Waals surface area contributed by atoms with Gasteiger partial charge in [-0.2, -0.15) is 0 Å². The highest BCUT2D eigenvalue weighted by atomic mass is 79.9. The summed E-state index contributed by atoms with van der Waals surface area (Å²) in [5, 5.41) is 4.17. The predicted octanol–water partition coefficient (Wildman–Crippen LogP) is 4.85. The number of rotatable bonds is 4. The molecule has 1 unspecified atom stereocenters. The van der Waals surface area contributed by atoms with E-state index >= 15 is 0 Å². The molecule has 0 saturated carbocycles. The molecule has 0 radical (unpaired) electrons. The third-order valence-corrected chi connectivity index (χ3v) is 3.66. The normalized spacial score (nSPS) is 12.7. The van der Waals surface area contributed by atoms with Crippen LogP contribution in [0.2, 0.25) is 5.02 Å². The van der Waals surface area contributed by atoms with Gasteiger partial charge in [-0.15, -0.1) is 0 Å². The van der Waals surface area contributed by atoms with Crippen molar-refractivity contribution < 1.29 is 4.42 Å². The molecule has 1 aromatic carbocycles. The van der Waals surface area contributed by atoms with Crippen molar-refractivity contribution in [3.63, 3.8) is 0 Å². The number of furan rings is 1. The molecule has 0 bridgehead atoms. The van der Waals surface area contributed by atoms with Crippen LogP contribution in [0.4, 0.5) is 0 Å². The van der Waals surface area contributed by atoms with Gasteiger partial charge in [0.2, 0.25) is 0 Å². The zero-order valence-corrected chi connectivity index (χ0v) is 12.7. The van der Waals surface area contributed by atoms with Gasteiger partial charge in [-0.1, -0.05) is 27.5 Å². The Labute approximate surface area is 120 Å². The fourth-order valence-electron chi connectivity index (χ4n) is 1.73. The largest absolute Gasteiger partial charge is 0.465 e. The molecular formula is C14H15BrClNO. The summed E-state index contributed by atoms with van der Waals surface area (Å²) in [6, 6.07) is 9.98. The van der Waals surface area contributed by atoms with E-state index in [1.807, 2.05) is 37.3 Å². The van der Waals surface area contributed by atoms with Crippen molar-refractivity contribution in [2.45, 2.75) is 26.4 Å². The summed E-state index contributed by atoms with van der Waals surface area (Å²) in [6.45, 7) is 4.73. The second-order valence-corrected chi connectivity index (χ2v) is 5.61. The maximum Gasteiger partial charge on any atom is 0.120 e. The number of nitrogens with one attached hydrogen (secondary N) is 1. The van der Waals surface area contributed by atoms with E-state index in [1.54, 1.807) is 0 Å². The molecule has 0 amide bonds. The Bertz CT molecular complexity index is 538. The Morgan fingerprint density at radius 2 is 2.11 bits per heavy atom. The molecule has 0 aliphatic heterocycles. The van der Waals surface area contributed by atoms with Crippen LogP contribution in [0.1, 0.15) is 30.0 Å². The molecule has 0 aliphatic rings. The topological polar surface area (TPSA) is 25.2 Å². The lowest BCUT2D eigenvalue weighted by molar-refractivity contribution is 0.416. The SMILES string of the molecule is Cc1ccc(C(C)NCc2cc(Br)ccc2Cl)o1. The number of halogens is 2. The van der Waals surface area contributed by atoms with Crippen LogP contribution in [0.5, 0.6) is 0 Å². The third kappa shape index (κ3) is 3.37. The Morgan fingerprint density at radius 1 is 1.33 bits per heavy atom. The Kier molecular flexibility index (Phi) is 4.49. The molecule has 2 nitrogen and oxygen atoms in total. The van der Waals surface area contributed by atoms with Crippen molar-refractivity contribution in [1.82, 2.24) is 5.32 Å². The number of aryl methyl sites for hydroxylation is 1. The molecule has 96 valence electrons. The van der Waals surface area contributed by atoms with Crippen LogP contribution in [0.3, 0.4) is 0 Å². The van der Waals surface area contributed by atoms with Gasteiger partial charge in [0.15, 0.2) is 0 Å². The van der Waals surface area contributed by atoms with E-state index in [1.165, 1.54) is 0 Å². The number of hydrogen-bond donors (Lipinski definition) is 1. The second-order valence-electron chi connectivity index (χ2n) is 4.29. The Hall–Kier alpha value is -0.770. The smallest absolute Gasteiger partial charge is 0.120 e. The molecule has 2 aromatic rings. The van der Waals surface area contributed by atoms with E-state index in [9.17, 15) is 0 Å². The van der Waals surface area contributed by atoms with E-state index in [4.69, 9.17) is 16.0 Å². The van der Waals surface area contributed by atoms with Crippen LogP contribution in [-0.2, 0) is 6.54 Å². The van der Waals surface area contributed by atoms with Gasteiger partial charge >= 0.3 is 0 Å². The summed E-state index contributed by atoms with van der Waals surface area (Å²) >= 11 is 9.59. The molecule has 2 rings (SSSR count). The van der Waals surface area contributed by atoms with Crippen LogP contribution in [0, 0.1) is 6.92 Å². The van der Waals surface area contributed by atoms with E-state index in [0.717, 1.165) is 26.6 Å². The molecule has 0 spiro atoms. The van der Waals surface area contributed by atoms with Crippen molar-refractivity contribution in [3.8, 4) is 0 Å². The van der Waals surface area contributed by atoms with Gasteiger partial charge in [0.25, 0.3) is 0 Å². The van der Waals surface area contributed by atoms with E-state index in [0.29, 0.717) is 6.54 Å². The quantitative estimate of drug-likeness (QED) is 0.867. The van der Waals surface area contributed by atoms with Crippen LogP contribution in [0.15, 0.2) is 39.2 Å². The summed E-state index contributed by atoms with van der Waals surface area (Å²) in [6.07, 6.45) is 0. The van der Waals surface area contributed by atoms with Crippen LogP contribution < -0.4 is 5.32 Å². The first kappa shape index (κ1) is 13.7. The zero-order valence-electron chi connectivity index (χ0n) is 10.3. The highest BCUT2D eigenvalue weighted by Crippen LogP contribution is 2.22. The maximum atomic E-state index is 6.15. The molecule has 0 aliphatic carbocycles. The zero-order chi connectivity index (χ0) is 13.1. The van der Waals surface area contributed by atoms with E-state index < -0.39 is 0 Å². The first-order valence-corrected chi connectivity index (χ1v) is 6.97. The van der Waals surface area contributed by atoms with Crippen LogP contribution in [0.25, 0.3) is 0 Å². The Morgan fingerprint density at radius 3 is 2.78 bits per heavy atom. The minimum Gasteiger partial charge on any atom is -0.465 e. The monoisotopic (exact) mass is 327 g/mol. The van der Waals surface area contributed by atoms with Crippen molar-refractivity contribution in [2.75, 3.05) is 0 Å². The van der Waals surface area contributed by atoms with Crippen molar-refractivity contribution in [1.29, 1.82) is 0 Å². The molecule has 1 heterocycles. The minimum absolute atomic E-state index is 0.161. The molecule has 0 fully saturated rings. The average molecular weight is 329 g/mol. The van der Waals surface area contributed by atoms with Gasteiger partial charge in [0, 0.05) is 16.0 Å². The molecule has 1 atom stereocenters. The highest BCUT2D eigenvalue weighted by Gasteiger charge is 2.09. The lowest BCUT2D eigenvalue weighted by Crippen LogP contribution is -2.17. The van der Waals surface area contributed by atoms with Crippen LogP contribution in [-0.4, -0.2) is 0 Å². The summed E-state index contributed by atoms with van der Waals surface area (Å²) in [4.78, 5) is 0. The minimum atomic E-state index is 0.161. The first-order chi connectivity index (χ1) is 8.56. The predicted molar refractivity (Wildman–Crippen MR) is 77.9 cm³/mol. The fourth-order valence-corrected chi connectivity index (χ4v) is 2.32. The van der Waals surface area contributed by atoms with Gasteiger partial charge < -0.3 is 9.73 Å². The van der Waals surface area contributed by atoms with Gasteiger partial charge in [0.1, 0.15) is 11.5 Å². The molecule has 0 saturated heterocycles. The van der Waals surface area contributed by atoms with Crippen LogP contribution >= 0.6 is 27.5 Å². The van der Waals surface area contributed by atoms with Gasteiger partial charge in [0.05, 0.1) is 6.04 Å². The van der Waals surface area contributed by atoms with E-state index in [-0.39, 0.29) is 6.04 Å². The van der Waals surface area contributed by atoms with Gasteiger partial charge in [-0.3, -0.25) is 0 Å². The summed E-state index contributed by atoms with van der Waals surface area (Å²) < 4.78 is 6.62. The van der Waals surface area contributed by atoms with Crippen molar-refractivity contribution in [3.05, 3.63) is 56.9 Å². The molecule has 1 aromatic heterocycles. The molecule has 18 heavy (non-hydrogen) atoms. The summed E-state index contributed by atoms with van der Waals surface area (Å²) in [7, 11) is 0. The second kappa shape index (κ2) is 5.91. The van der Waals surface area contributed by atoms with Gasteiger partial charge in [-0.05, 0) is 49.7 Å². The molecular weight excluding hydrogens is 314 g/mol. The van der Waals surface area contributed by atoms with Crippen molar-refractivity contribution >= 4 is 27.5 Å². The number of hydrogen-bond acceptors (Lipinski definition) is 2. The average Bonchev–Trinajstić information content (AvgIpc) is 2.77. The first-order valence-electron chi connectivity index (χ1n) is 5.80. The Balaban J connectivity index is 2.01. The van der Waals surface area contributed by atoms with Gasteiger partial charge in [-0.25, -0.2) is 0 Å². The molecule has 4 heteroatoms.